The molecule has 1 saturated heterocycles. The minimum absolute atomic E-state index is 0.0411. The number of aromatic nitrogens is 1. The maximum atomic E-state index is 12.6. The topological polar surface area (TPSA) is 119 Å². The number of sulfonamides is 1. The van der Waals surface area contributed by atoms with Crippen LogP contribution < -0.4 is 5.73 Å². The molecule has 0 bridgehead atoms. The van der Waals surface area contributed by atoms with Crippen molar-refractivity contribution in [2.75, 3.05) is 13.1 Å². The minimum Gasteiger partial charge on any atom is -0.358 e. The molecule has 0 spiro atoms. The van der Waals surface area contributed by atoms with Gasteiger partial charge in [-0.1, -0.05) is 6.92 Å². The van der Waals surface area contributed by atoms with Crippen molar-refractivity contribution in [2.45, 2.75) is 30.7 Å². The van der Waals surface area contributed by atoms with Gasteiger partial charge in [-0.3, -0.25) is 0 Å². The molecule has 2 atom stereocenters. The van der Waals surface area contributed by atoms with Crippen LogP contribution in [0.15, 0.2) is 23.2 Å². The van der Waals surface area contributed by atoms with Gasteiger partial charge in [0, 0.05) is 25.2 Å². The van der Waals surface area contributed by atoms with Gasteiger partial charge >= 0.3 is 5.82 Å². The van der Waals surface area contributed by atoms with E-state index in [0.717, 1.165) is 25.1 Å². The zero-order valence-electron chi connectivity index (χ0n) is 11.7. The molecule has 2 rings (SSSR count). The molecule has 0 aromatic carbocycles. The summed E-state index contributed by atoms with van der Waals surface area (Å²) in [5.41, 5.74) is 5.71. The van der Waals surface area contributed by atoms with Crippen molar-refractivity contribution in [3.05, 3.63) is 28.4 Å². The number of nitro groups is 1. The first-order chi connectivity index (χ1) is 9.87. The Morgan fingerprint density at radius 1 is 1.52 bits per heavy atom. The van der Waals surface area contributed by atoms with Crippen LogP contribution in [0, 0.1) is 16.0 Å². The average molecular weight is 314 g/mol. The molecule has 21 heavy (non-hydrogen) atoms. The van der Waals surface area contributed by atoms with Gasteiger partial charge < -0.3 is 15.8 Å². The van der Waals surface area contributed by atoms with Gasteiger partial charge in [0.1, 0.15) is 4.90 Å². The van der Waals surface area contributed by atoms with Crippen molar-refractivity contribution >= 4 is 15.8 Å². The highest BCUT2D eigenvalue weighted by molar-refractivity contribution is 7.89. The number of hydrogen-bond donors (Lipinski definition) is 1. The number of nitrogens with zero attached hydrogens (tertiary/aromatic N) is 3. The number of piperidine rings is 1. The van der Waals surface area contributed by atoms with Gasteiger partial charge in [-0.25, -0.2) is 8.42 Å². The lowest BCUT2D eigenvalue weighted by Crippen LogP contribution is -2.51. The summed E-state index contributed by atoms with van der Waals surface area (Å²) in [5, 5.41) is 10.6. The van der Waals surface area contributed by atoms with Crippen LogP contribution in [0.4, 0.5) is 5.82 Å². The van der Waals surface area contributed by atoms with Crippen molar-refractivity contribution in [3.8, 4) is 0 Å². The van der Waals surface area contributed by atoms with Gasteiger partial charge in [0.15, 0.2) is 6.20 Å². The van der Waals surface area contributed by atoms with E-state index in [0.29, 0.717) is 6.54 Å². The van der Waals surface area contributed by atoms with Gasteiger partial charge in [-0.15, -0.1) is 0 Å². The Hall–Kier alpha value is -1.58. The molecule has 1 aromatic heterocycles. The summed E-state index contributed by atoms with van der Waals surface area (Å²) in [5.74, 6) is -0.194. The van der Waals surface area contributed by atoms with Crippen molar-refractivity contribution in [2.24, 2.45) is 11.7 Å². The molecule has 9 heteroatoms. The normalized spacial score (nSPS) is 23.9. The van der Waals surface area contributed by atoms with E-state index in [4.69, 9.17) is 5.73 Å². The first-order valence-corrected chi connectivity index (χ1v) is 8.14. The van der Waals surface area contributed by atoms with Crippen LogP contribution in [0.3, 0.4) is 0 Å². The molecule has 0 amide bonds. The maximum absolute atomic E-state index is 12.6. The molecule has 2 unspecified atom stereocenters. The van der Waals surface area contributed by atoms with E-state index in [1.54, 1.807) is 0 Å². The predicted molar refractivity (Wildman–Crippen MR) is 76.0 cm³/mol. The molecular weight excluding hydrogens is 296 g/mol. The van der Waals surface area contributed by atoms with Gasteiger partial charge in [0.05, 0.1) is 0 Å². The summed E-state index contributed by atoms with van der Waals surface area (Å²) >= 11 is 0. The molecule has 0 aliphatic carbocycles. The van der Waals surface area contributed by atoms with E-state index in [1.807, 2.05) is 6.92 Å². The standard InChI is InChI=1S/C12H18N4O4S/c1-9-3-2-6-15(11(9)7-13)21(19,20)10-4-5-12(14-8-10)16(17)18/h4-5,8-9,11H,2-3,6-7,13H2,1H3. The van der Waals surface area contributed by atoms with Crippen molar-refractivity contribution in [1.29, 1.82) is 0 Å². The van der Waals surface area contributed by atoms with E-state index in [2.05, 4.69) is 4.98 Å². The van der Waals surface area contributed by atoms with Crippen LogP contribution >= 0.6 is 0 Å². The number of hydrogen-bond acceptors (Lipinski definition) is 6. The van der Waals surface area contributed by atoms with Gasteiger partial charge in [-0.05, 0) is 34.7 Å². The molecule has 0 saturated carbocycles. The van der Waals surface area contributed by atoms with E-state index in [-0.39, 0.29) is 29.2 Å². The van der Waals surface area contributed by atoms with Crippen molar-refractivity contribution in [3.63, 3.8) is 0 Å². The zero-order chi connectivity index (χ0) is 15.6. The van der Waals surface area contributed by atoms with Crippen LogP contribution in [0.1, 0.15) is 19.8 Å². The summed E-state index contributed by atoms with van der Waals surface area (Å²) in [6.45, 7) is 2.64. The highest BCUT2D eigenvalue weighted by Gasteiger charge is 2.37. The second-order valence-electron chi connectivity index (χ2n) is 5.15. The zero-order valence-corrected chi connectivity index (χ0v) is 12.5. The molecule has 0 radical (unpaired) electrons. The van der Waals surface area contributed by atoms with E-state index in [1.165, 1.54) is 10.4 Å². The molecule has 1 aliphatic rings. The van der Waals surface area contributed by atoms with Crippen molar-refractivity contribution in [1.82, 2.24) is 9.29 Å². The second-order valence-corrected chi connectivity index (χ2v) is 7.04. The first kappa shape index (κ1) is 15.8. The summed E-state index contributed by atoms with van der Waals surface area (Å²) < 4.78 is 26.7. The lowest BCUT2D eigenvalue weighted by Gasteiger charge is -2.38. The van der Waals surface area contributed by atoms with E-state index >= 15 is 0 Å². The highest BCUT2D eigenvalue weighted by atomic mass is 32.2. The number of pyridine rings is 1. The van der Waals surface area contributed by atoms with Gasteiger partial charge in [-0.2, -0.15) is 4.31 Å². The van der Waals surface area contributed by atoms with Crippen LogP contribution in [-0.4, -0.2) is 41.8 Å². The van der Waals surface area contributed by atoms with Crippen LogP contribution in [-0.2, 0) is 10.0 Å². The third kappa shape index (κ3) is 3.04. The molecule has 2 heterocycles. The lowest BCUT2D eigenvalue weighted by atomic mass is 9.93. The Kier molecular flexibility index (Phi) is 4.55. The first-order valence-electron chi connectivity index (χ1n) is 6.70. The molecule has 116 valence electrons. The Morgan fingerprint density at radius 2 is 2.24 bits per heavy atom. The fraction of sp³-hybridized carbons (Fsp3) is 0.583. The molecular formula is C12H18N4O4S. The molecule has 8 nitrogen and oxygen atoms in total. The average Bonchev–Trinajstić information content (AvgIpc) is 2.47. The number of rotatable bonds is 4. The fourth-order valence-corrected chi connectivity index (χ4v) is 4.34. The second kappa shape index (κ2) is 6.04. The predicted octanol–water partition coefficient (Wildman–Crippen LogP) is 0.738. The molecule has 1 aromatic rings. The monoisotopic (exact) mass is 314 g/mol. The van der Waals surface area contributed by atoms with Crippen LogP contribution in [0.2, 0.25) is 0 Å². The SMILES string of the molecule is CC1CCCN(S(=O)(=O)c2ccc([N+](=O)[O-])nc2)C1CN. The third-order valence-corrected chi connectivity index (χ3v) is 5.73. The molecule has 1 aliphatic heterocycles. The summed E-state index contributed by atoms with van der Waals surface area (Å²) in [6.07, 6.45) is 2.74. The van der Waals surface area contributed by atoms with Crippen LogP contribution in [0.5, 0.6) is 0 Å². The third-order valence-electron chi connectivity index (χ3n) is 3.82. The van der Waals surface area contributed by atoms with Crippen molar-refractivity contribution < 1.29 is 13.3 Å². The Balaban J connectivity index is 2.34. The van der Waals surface area contributed by atoms with E-state index < -0.39 is 14.9 Å². The largest absolute Gasteiger partial charge is 0.363 e. The lowest BCUT2D eigenvalue weighted by molar-refractivity contribution is -0.389. The van der Waals surface area contributed by atoms with Gasteiger partial charge in [0.25, 0.3) is 0 Å². The Labute approximate surface area is 123 Å². The highest BCUT2D eigenvalue weighted by Crippen LogP contribution is 2.28. The summed E-state index contributed by atoms with van der Waals surface area (Å²) in [6, 6.07) is 2.06. The summed E-state index contributed by atoms with van der Waals surface area (Å²) in [7, 11) is -3.73. The summed E-state index contributed by atoms with van der Waals surface area (Å²) in [4.78, 5) is 13.4. The molecule has 2 N–H and O–H groups in total. The number of nitrogens with two attached hydrogens (primary N) is 1. The Bertz CT molecular complexity index is 617. The molecule has 1 fully saturated rings. The fourth-order valence-electron chi connectivity index (χ4n) is 2.63. The quantitative estimate of drug-likeness (QED) is 0.646. The van der Waals surface area contributed by atoms with Gasteiger partial charge in [0.2, 0.25) is 10.0 Å². The van der Waals surface area contributed by atoms with E-state index in [9.17, 15) is 18.5 Å². The minimum atomic E-state index is -3.73. The maximum Gasteiger partial charge on any atom is 0.363 e. The smallest absolute Gasteiger partial charge is 0.358 e. The van der Waals surface area contributed by atoms with Crippen LogP contribution in [0.25, 0.3) is 0 Å². The Morgan fingerprint density at radius 3 is 2.76 bits per heavy atom.